The third kappa shape index (κ3) is 3.33. The number of imide groups is 1. The summed E-state index contributed by atoms with van der Waals surface area (Å²) in [5, 5.41) is 12.1. The van der Waals surface area contributed by atoms with E-state index in [-0.39, 0.29) is 12.1 Å². The quantitative estimate of drug-likeness (QED) is 0.594. The largest absolute Gasteiger partial charge is 0.573 e. The van der Waals surface area contributed by atoms with Crippen LogP contribution in [0.5, 0.6) is 5.75 Å². The predicted molar refractivity (Wildman–Crippen MR) is 83.0 cm³/mol. The highest BCUT2D eigenvalue weighted by atomic mass is 19.4. The predicted octanol–water partition coefficient (Wildman–Crippen LogP) is 0.917. The lowest BCUT2D eigenvalue weighted by atomic mass is 9.86. The van der Waals surface area contributed by atoms with Gasteiger partial charge in [-0.2, -0.15) is 0 Å². The highest BCUT2D eigenvalue weighted by Crippen LogP contribution is 2.44. The van der Waals surface area contributed by atoms with Gasteiger partial charge in [0.15, 0.2) is 0 Å². The van der Waals surface area contributed by atoms with Gasteiger partial charge in [0.1, 0.15) is 11.8 Å². The third-order valence-corrected chi connectivity index (χ3v) is 4.53. The second-order valence-corrected chi connectivity index (χ2v) is 6.10. The molecule has 0 aliphatic carbocycles. The molecule has 4 unspecified atom stereocenters. The molecule has 10 heteroatoms. The summed E-state index contributed by atoms with van der Waals surface area (Å²) in [6, 6.07) is 2.47. The number of halogens is 3. The number of aliphatic carboxylic acids is 1. The van der Waals surface area contributed by atoms with Crippen LogP contribution in [0.15, 0.2) is 24.3 Å². The fourth-order valence-corrected chi connectivity index (χ4v) is 3.56. The topological polar surface area (TPSA) is 95.9 Å². The summed E-state index contributed by atoms with van der Waals surface area (Å²) in [6.07, 6.45) is 0.245. The first-order valence-corrected chi connectivity index (χ1v) is 7.77. The Labute approximate surface area is 151 Å². The van der Waals surface area contributed by atoms with Crippen molar-refractivity contribution in [2.24, 2.45) is 11.8 Å². The number of nitrogens with zero attached hydrogens (tertiary/aromatic N) is 1. The number of terminal acetylenes is 1. The van der Waals surface area contributed by atoms with Crippen LogP contribution in [0.1, 0.15) is 11.6 Å². The molecule has 7 nitrogen and oxygen atoms in total. The molecule has 2 heterocycles. The van der Waals surface area contributed by atoms with E-state index in [2.05, 4.69) is 16.0 Å². The van der Waals surface area contributed by atoms with Crippen molar-refractivity contribution in [3.8, 4) is 18.1 Å². The zero-order valence-electron chi connectivity index (χ0n) is 13.6. The zero-order valence-corrected chi connectivity index (χ0v) is 13.6. The van der Waals surface area contributed by atoms with Crippen LogP contribution in [-0.2, 0) is 14.4 Å². The van der Waals surface area contributed by atoms with Crippen molar-refractivity contribution in [3.63, 3.8) is 0 Å². The molecule has 3 rings (SSSR count). The molecule has 2 aliphatic rings. The molecule has 2 amide bonds. The van der Waals surface area contributed by atoms with E-state index in [1.54, 1.807) is 0 Å². The van der Waals surface area contributed by atoms with E-state index in [1.165, 1.54) is 12.1 Å². The van der Waals surface area contributed by atoms with E-state index in [9.17, 15) is 32.7 Å². The molecule has 0 bridgehead atoms. The van der Waals surface area contributed by atoms with Gasteiger partial charge in [0.05, 0.1) is 18.4 Å². The molecule has 0 saturated carbocycles. The number of carboxylic acid groups (broad SMARTS) is 1. The summed E-state index contributed by atoms with van der Waals surface area (Å²) in [5.74, 6) is -3.36. The maximum absolute atomic E-state index is 12.6. The lowest BCUT2D eigenvalue weighted by molar-refractivity contribution is -0.274. The van der Waals surface area contributed by atoms with Crippen LogP contribution in [-0.4, -0.2) is 46.7 Å². The summed E-state index contributed by atoms with van der Waals surface area (Å²) in [6.45, 7) is -0.305. The van der Waals surface area contributed by atoms with Crippen LogP contribution in [0.25, 0.3) is 0 Å². The number of rotatable bonds is 4. The summed E-state index contributed by atoms with van der Waals surface area (Å²) in [7, 11) is 0. The van der Waals surface area contributed by atoms with Crippen molar-refractivity contribution in [2.75, 3.05) is 6.54 Å². The van der Waals surface area contributed by atoms with Gasteiger partial charge in [-0.15, -0.1) is 19.6 Å². The van der Waals surface area contributed by atoms with Gasteiger partial charge in [-0.3, -0.25) is 24.6 Å². The SMILES string of the molecule is C#CCN1C(=O)C2C(C(=O)O)NC(c3cccc(OC(F)(F)F)c3)C2C1=O. The fraction of sp³-hybridized carbons (Fsp3) is 0.353. The maximum Gasteiger partial charge on any atom is 0.573 e. The average Bonchev–Trinajstić information content (AvgIpc) is 3.07. The first-order chi connectivity index (χ1) is 12.6. The Bertz CT molecular complexity index is 848. The molecule has 2 N–H and O–H groups in total. The van der Waals surface area contributed by atoms with Gasteiger partial charge in [-0.25, -0.2) is 0 Å². The minimum atomic E-state index is -4.91. The van der Waals surface area contributed by atoms with E-state index in [0.29, 0.717) is 0 Å². The van der Waals surface area contributed by atoms with Crippen molar-refractivity contribution in [1.29, 1.82) is 0 Å². The highest BCUT2D eigenvalue weighted by Gasteiger charge is 2.60. The third-order valence-electron chi connectivity index (χ3n) is 4.53. The van der Waals surface area contributed by atoms with Crippen molar-refractivity contribution in [3.05, 3.63) is 29.8 Å². The van der Waals surface area contributed by atoms with E-state index in [4.69, 9.17) is 6.42 Å². The Hall–Kier alpha value is -3.06. The number of likely N-dealkylation sites (tertiary alicyclic amines) is 1. The molecule has 0 aromatic heterocycles. The van der Waals surface area contributed by atoms with Crippen molar-refractivity contribution in [2.45, 2.75) is 18.4 Å². The van der Waals surface area contributed by atoms with Gasteiger partial charge in [0, 0.05) is 6.04 Å². The Kier molecular flexibility index (Phi) is 4.57. The Morgan fingerprint density at radius 1 is 1.30 bits per heavy atom. The summed E-state index contributed by atoms with van der Waals surface area (Å²) in [4.78, 5) is 37.4. The molecule has 27 heavy (non-hydrogen) atoms. The highest BCUT2D eigenvalue weighted by molar-refractivity contribution is 6.08. The van der Waals surface area contributed by atoms with Crippen LogP contribution in [0.4, 0.5) is 13.2 Å². The van der Waals surface area contributed by atoms with Gasteiger partial charge in [0.25, 0.3) is 0 Å². The summed E-state index contributed by atoms with van der Waals surface area (Å²) >= 11 is 0. The number of carbonyl (C=O) groups excluding carboxylic acids is 2. The number of amides is 2. The number of carboxylic acids is 1. The van der Waals surface area contributed by atoms with E-state index in [1.807, 2.05) is 0 Å². The second-order valence-electron chi connectivity index (χ2n) is 6.10. The van der Waals surface area contributed by atoms with Gasteiger partial charge >= 0.3 is 12.3 Å². The Morgan fingerprint density at radius 3 is 2.56 bits per heavy atom. The van der Waals surface area contributed by atoms with Gasteiger partial charge in [0.2, 0.25) is 11.8 Å². The van der Waals surface area contributed by atoms with Crippen molar-refractivity contribution in [1.82, 2.24) is 10.2 Å². The molecule has 0 radical (unpaired) electrons. The standard InChI is InChI=1S/C17H13F3N2O5/c1-2-6-22-14(23)10-11(15(22)24)13(16(25)26)21-12(10)8-4-3-5-9(7-8)27-17(18,19)20/h1,3-5,7,10-13,21H,6H2,(H,25,26). The van der Waals surface area contributed by atoms with Gasteiger partial charge in [-0.05, 0) is 17.7 Å². The van der Waals surface area contributed by atoms with Crippen LogP contribution >= 0.6 is 0 Å². The zero-order chi connectivity index (χ0) is 19.9. The van der Waals surface area contributed by atoms with Crippen LogP contribution in [0.2, 0.25) is 0 Å². The monoisotopic (exact) mass is 382 g/mol. The van der Waals surface area contributed by atoms with Crippen LogP contribution in [0.3, 0.4) is 0 Å². The lowest BCUT2D eigenvalue weighted by Crippen LogP contribution is -2.43. The molecule has 2 saturated heterocycles. The normalized spacial score (nSPS) is 27.4. The Balaban J connectivity index is 1.98. The number of ether oxygens (including phenoxy) is 1. The van der Waals surface area contributed by atoms with E-state index in [0.717, 1.165) is 17.0 Å². The molecule has 1 aromatic carbocycles. The summed E-state index contributed by atoms with van der Waals surface area (Å²) in [5.41, 5.74) is 0.194. The second kappa shape index (κ2) is 6.59. The summed E-state index contributed by atoms with van der Waals surface area (Å²) < 4.78 is 41.2. The van der Waals surface area contributed by atoms with E-state index >= 15 is 0 Å². The fourth-order valence-electron chi connectivity index (χ4n) is 3.56. The molecular weight excluding hydrogens is 369 g/mol. The number of nitrogens with one attached hydrogen (secondary N) is 1. The first kappa shape index (κ1) is 18.7. The molecule has 4 atom stereocenters. The molecule has 142 valence electrons. The number of alkyl halides is 3. The number of benzene rings is 1. The number of carbonyl (C=O) groups is 3. The van der Waals surface area contributed by atoms with Crippen LogP contribution in [0, 0.1) is 24.2 Å². The maximum atomic E-state index is 12.6. The smallest absolute Gasteiger partial charge is 0.480 e. The Morgan fingerprint density at radius 2 is 1.96 bits per heavy atom. The molecule has 0 spiro atoms. The van der Waals surface area contributed by atoms with Crippen molar-refractivity contribution >= 4 is 17.8 Å². The molecular formula is C17H13F3N2O5. The van der Waals surface area contributed by atoms with Crippen LogP contribution < -0.4 is 10.1 Å². The van der Waals surface area contributed by atoms with Gasteiger partial charge < -0.3 is 9.84 Å². The molecule has 2 fully saturated rings. The molecule has 1 aromatic rings. The van der Waals surface area contributed by atoms with Crippen molar-refractivity contribution < 1.29 is 37.4 Å². The van der Waals surface area contributed by atoms with Gasteiger partial charge in [-0.1, -0.05) is 18.1 Å². The van der Waals surface area contributed by atoms with E-state index < -0.39 is 53.8 Å². The lowest BCUT2D eigenvalue weighted by Gasteiger charge is -2.20. The number of hydrogen-bond acceptors (Lipinski definition) is 5. The average molecular weight is 382 g/mol. The minimum absolute atomic E-state index is 0.194. The minimum Gasteiger partial charge on any atom is -0.480 e. The molecule has 2 aliphatic heterocycles. The number of hydrogen-bond donors (Lipinski definition) is 2. The first-order valence-electron chi connectivity index (χ1n) is 7.77. The number of fused-ring (bicyclic) bond motifs is 1.